The molecule has 0 bridgehead atoms. The predicted molar refractivity (Wildman–Crippen MR) is 150 cm³/mol. The minimum Gasteiger partial charge on any atom is -0.410 e. The highest BCUT2D eigenvalue weighted by Crippen LogP contribution is 2.36. The molecule has 2 amide bonds. The van der Waals surface area contributed by atoms with Gasteiger partial charge < -0.3 is 15.0 Å². The minimum absolute atomic E-state index is 0.360. The standard InChI is InChI=1S/C31H25F3N2O3S/c1-40-27-9-5-8-26(28(27)20-10-13-23(14-11-20)31(32,33)34)29(37)35-24-15-12-22-19-36(17-16-21(22)18-24)30(38)39-25-6-3-2-4-7-25/h2-15,18H,16-17,19H2,1H3,(H,35,37). The Labute approximate surface area is 234 Å². The highest BCUT2D eigenvalue weighted by molar-refractivity contribution is 7.98. The van der Waals surface area contributed by atoms with E-state index in [0.717, 1.165) is 28.2 Å². The van der Waals surface area contributed by atoms with E-state index in [2.05, 4.69) is 5.32 Å². The number of fused-ring (bicyclic) bond motifs is 1. The van der Waals surface area contributed by atoms with Crippen LogP contribution in [0.25, 0.3) is 11.1 Å². The van der Waals surface area contributed by atoms with Gasteiger partial charge in [-0.25, -0.2) is 4.79 Å². The number of halogens is 3. The van der Waals surface area contributed by atoms with Gasteiger partial charge in [-0.15, -0.1) is 11.8 Å². The van der Waals surface area contributed by atoms with Crippen LogP contribution in [-0.4, -0.2) is 29.7 Å². The van der Waals surface area contributed by atoms with Crippen LogP contribution in [0.3, 0.4) is 0 Å². The number of hydrogen-bond donors (Lipinski definition) is 1. The van der Waals surface area contributed by atoms with Crippen LogP contribution in [0.1, 0.15) is 27.0 Å². The third-order valence-corrected chi connectivity index (χ3v) is 7.45. The Hall–Kier alpha value is -4.24. The van der Waals surface area contributed by atoms with Gasteiger partial charge in [-0.3, -0.25) is 4.79 Å². The molecule has 40 heavy (non-hydrogen) atoms. The van der Waals surface area contributed by atoms with Crippen molar-refractivity contribution in [1.82, 2.24) is 4.90 Å². The summed E-state index contributed by atoms with van der Waals surface area (Å²) in [5, 5.41) is 2.94. The van der Waals surface area contributed by atoms with Gasteiger partial charge in [0.2, 0.25) is 0 Å². The lowest BCUT2D eigenvalue weighted by Crippen LogP contribution is -2.37. The number of anilines is 1. The number of hydrogen-bond acceptors (Lipinski definition) is 4. The first-order chi connectivity index (χ1) is 19.2. The van der Waals surface area contributed by atoms with Crippen molar-refractivity contribution in [1.29, 1.82) is 0 Å². The number of alkyl halides is 3. The Bertz CT molecular complexity index is 1540. The maximum atomic E-state index is 13.4. The average molecular weight is 563 g/mol. The molecule has 4 aromatic rings. The molecule has 1 N–H and O–H groups in total. The van der Waals surface area contributed by atoms with Crippen LogP contribution in [-0.2, 0) is 19.1 Å². The van der Waals surface area contributed by atoms with E-state index in [1.54, 1.807) is 47.4 Å². The molecule has 1 heterocycles. The summed E-state index contributed by atoms with van der Waals surface area (Å²) in [7, 11) is 0. The van der Waals surface area contributed by atoms with Crippen molar-refractivity contribution in [2.75, 3.05) is 18.1 Å². The fraction of sp³-hybridized carbons (Fsp3) is 0.161. The van der Waals surface area contributed by atoms with Gasteiger partial charge in [-0.05, 0) is 77.9 Å². The topological polar surface area (TPSA) is 58.6 Å². The van der Waals surface area contributed by atoms with Gasteiger partial charge >= 0.3 is 12.3 Å². The molecule has 0 saturated heterocycles. The Morgan fingerprint density at radius 3 is 2.35 bits per heavy atom. The van der Waals surface area contributed by atoms with E-state index in [1.807, 2.05) is 30.5 Å². The molecule has 0 aliphatic carbocycles. The molecule has 0 radical (unpaired) electrons. The van der Waals surface area contributed by atoms with Crippen LogP contribution in [0.2, 0.25) is 0 Å². The van der Waals surface area contributed by atoms with Crippen LogP contribution in [0.15, 0.2) is 95.9 Å². The van der Waals surface area contributed by atoms with Gasteiger partial charge in [-0.2, -0.15) is 13.2 Å². The first-order valence-corrected chi connectivity index (χ1v) is 13.7. The Morgan fingerprint density at radius 2 is 1.65 bits per heavy atom. The largest absolute Gasteiger partial charge is 0.416 e. The van der Waals surface area contributed by atoms with Gasteiger partial charge in [0.1, 0.15) is 5.75 Å². The number of ether oxygens (including phenoxy) is 1. The number of para-hydroxylation sites is 1. The van der Waals surface area contributed by atoms with Crippen LogP contribution in [0, 0.1) is 0 Å². The fourth-order valence-electron chi connectivity index (χ4n) is 4.65. The maximum absolute atomic E-state index is 13.4. The third-order valence-electron chi connectivity index (χ3n) is 6.67. The Morgan fingerprint density at radius 1 is 0.900 bits per heavy atom. The maximum Gasteiger partial charge on any atom is 0.416 e. The number of carbonyl (C=O) groups excluding carboxylic acids is 2. The molecular weight excluding hydrogens is 537 g/mol. The number of benzene rings is 4. The van der Waals surface area contributed by atoms with Crippen LogP contribution in [0.4, 0.5) is 23.7 Å². The first-order valence-electron chi connectivity index (χ1n) is 12.5. The van der Waals surface area contributed by atoms with E-state index in [-0.39, 0.29) is 5.91 Å². The molecule has 204 valence electrons. The summed E-state index contributed by atoms with van der Waals surface area (Å²) >= 11 is 1.41. The second-order valence-electron chi connectivity index (χ2n) is 9.25. The number of rotatable bonds is 5. The van der Waals surface area contributed by atoms with Crippen molar-refractivity contribution in [3.63, 3.8) is 0 Å². The molecule has 0 unspecified atom stereocenters. The summed E-state index contributed by atoms with van der Waals surface area (Å²) in [5.41, 5.74) is 3.29. The molecule has 5 rings (SSSR count). The van der Waals surface area contributed by atoms with Gasteiger partial charge in [0.15, 0.2) is 0 Å². The molecule has 1 aliphatic rings. The summed E-state index contributed by atoms with van der Waals surface area (Å²) in [6.45, 7) is 0.868. The molecule has 0 aromatic heterocycles. The van der Waals surface area contributed by atoms with Gasteiger partial charge in [0.05, 0.1) is 5.56 Å². The number of nitrogens with one attached hydrogen (secondary N) is 1. The van der Waals surface area contributed by atoms with E-state index in [9.17, 15) is 22.8 Å². The second-order valence-corrected chi connectivity index (χ2v) is 10.1. The van der Waals surface area contributed by atoms with E-state index < -0.39 is 17.8 Å². The van der Waals surface area contributed by atoms with Crippen molar-refractivity contribution < 1.29 is 27.5 Å². The van der Waals surface area contributed by atoms with Crippen molar-refractivity contribution in [2.24, 2.45) is 0 Å². The molecule has 0 fully saturated rings. The lowest BCUT2D eigenvalue weighted by molar-refractivity contribution is -0.137. The summed E-state index contributed by atoms with van der Waals surface area (Å²) in [6.07, 6.45) is -2.41. The normalized spacial score (nSPS) is 12.9. The Balaban J connectivity index is 1.33. The number of nitrogens with zero attached hydrogens (tertiary/aromatic N) is 1. The predicted octanol–water partition coefficient (Wildman–Crippen LogP) is 7.90. The zero-order valence-corrected chi connectivity index (χ0v) is 22.3. The zero-order valence-electron chi connectivity index (χ0n) is 21.5. The van der Waals surface area contributed by atoms with Crippen molar-refractivity contribution in [2.45, 2.75) is 24.0 Å². The summed E-state index contributed by atoms with van der Waals surface area (Å²) < 4.78 is 44.7. The molecule has 1 aliphatic heterocycles. The number of thioether (sulfide) groups is 1. The molecule has 0 atom stereocenters. The molecule has 5 nitrogen and oxygen atoms in total. The van der Waals surface area contributed by atoms with E-state index in [1.165, 1.54) is 23.9 Å². The SMILES string of the molecule is CSc1cccc(C(=O)Nc2ccc3c(c2)CCN(C(=O)Oc2ccccc2)C3)c1-c1ccc(C(F)(F)F)cc1. The van der Waals surface area contributed by atoms with Crippen molar-refractivity contribution >= 4 is 29.4 Å². The smallest absolute Gasteiger partial charge is 0.410 e. The number of amides is 2. The van der Waals surface area contributed by atoms with E-state index in [0.29, 0.717) is 47.6 Å². The zero-order chi connectivity index (χ0) is 28.3. The van der Waals surface area contributed by atoms with Gasteiger partial charge in [0, 0.05) is 34.8 Å². The Kier molecular flexibility index (Phi) is 7.84. The van der Waals surface area contributed by atoms with Crippen molar-refractivity contribution in [3.05, 3.63) is 113 Å². The van der Waals surface area contributed by atoms with Crippen LogP contribution >= 0.6 is 11.8 Å². The van der Waals surface area contributed by atoms with E-state index >= 15 is 0 Å². The lowest BCUT2D eigenvalue weighted by Gasteiger charge is -2.28. The molecule has 9 heteroatoms. The van der Waals surface area contributed by atoms with Gasteiger partial charge in [-0.1, -0.05) is 42.5 Å². The van der Waals surface area contributed by atoms with E-state index in [4.69, 9.17) is 4.74 Å². The monoisotopic (exact) mass is 562 g/mol. The summed E-state index contributed by atoms with van der Waals surface area (Å²) in [5.74, 6) is 0.118. The van der Waals surface area contributed by atoms with Gasteiger partial charge in [0.25, 0.3) is 5.91 Å². The van der Waals surface area contributed by atoms with Crippen LogP contribution in [0.5, 0.6) is 5.75 Å². The van der Waals surface area contributed by atoms with Crippen molar-refractivity contribution in [3.8, 4) is 16.9 Å². The highest BCUT2D eigenvalue weighted by Gasteiger charge is 2.30. The summed E-state index contributed by atoms with van der Waals surface area (Å²) in [6, 6.07) is 24.5. The minimum atomic E-state index is -4.44. The quantitative estimate of drug-likeness (QED) is 0.251. The molecule has 4 aromatic carbocycles. The first kappa shape index (κ1) is 27.3. The number of carbonyl (C=O) groups is 2. The van der Waals surface area contributed by atoms with Crippen LogP contribution < -0.4 is 10.1 Å². The molecule has 0 saturated carbocycles. The fourth-order valence-corrected chi connectivity index (χ4v) is 5.30. The molecule has 0 spiro atoms. The summed E-state index contributed by atoms with van der Waals surface area (Å²) in [4.78, 5) is 28.4. The lowest BCUT2D eigenvalue weighted by atomic mass is 9.97. The second kappa shape index (κ2) is 11.5. The average Bonchev–Trinajstić information content (AvgIpc) is 2.96. The highest BCUT2D eigenvalue weighted by atomic mass is 32.2. The molecular formula is C31H25F3N2O3S. The third kappa shape index (κ3) is 5.99.